The first kappa shape index (κ1) is 23.2. The van der Waals surface area contributed by atoms with Crippen LogP contribution in [0.5, 0.6) is 0 Å². The molecule has 0 bridgehead atoms. The van der Waals surface area contributed by atoms with Gasteiger partial charge in [0.25, 0.3) is 15.9 Å². The first-order valence-corrected chi connectivity index (χ1v) is 11.8. The molecule has 1 aliphatic rings. The van der Waals surface area contributed by atoms with Crippen molar-refractivity contribution in [1.29, 1.82) is 0 Å². The van der Waals surface area contributed by atoms with Crippen molar-refractivity contribution >= 4 is 21.6 Å². The van der Waals surface area contributed by atoms with Crippen molar-refractivity contribution in [3.63, 3.8) is 0 Å². The Balaban J connectivity index is 1.48. The number of nitrogens with zero attached hydrogens (tertiary/aromatic N) is 1. The summed E-state index contributed by atoms with van der Waals surface area (Å²) in [5.41, 5.74) is 0.640. The van der Waals surface area contributed by atoms with E-state index in [4.69, 9.17) is 4.74 Å². The highest BCUT2D eigenvalue weighted by Crippen LogP contribution is 2.17. The minimum Gasteiger partial charge on any atom is -0.373 e. The Bertz CT molecular complexity index is 971. The van der Waals surface area contributed by atoms with E-state index in [1.54, 1.807) is 0 Å². The lowest BCUT2D eigenvalue weighted by Crippen LogP contribution is -2.46. The molecule has 2 aromatic carbocycles. The normalized spacial score (nSPS) is 19.7. The second-order valence-electron chi connectivity index (χ2n) is 7.76. The highest BCUT2D eigenvalue weighted by atomic mass is 32.2. The summed E-state index contributed by atoms with van der Waals surface area (Å²) in [7, 11) is -3.83. The fraction of sp³-hybridized carbons (Fsp3) is 0.409. The van der Waals surface area contributed by atoms with E-state index in [2.05, 4.69) is 28.8 Å². The van der Waals surface area contributed by atoms with Gasteiger partial charge in [0.15, 0.2) is 0 Å². The number of benzene rings is 2. The molecule has 7 nitrogen and oxygen atoms in total. The zero-order valence-corrected chi connectivity index (χ0v) is 18.5. The lowest BCUT2D eigenvalue weighted by molar-refractivity contribution is -0.0680. The molecule has 0 aliphatic carbocycles. The van der Waals surface area contributed by atoms with Crippen LogP contribution in [-0.4, -0.2) is 57.6 Å². The SMILES string of the molecule is C[C@@H]1CN(CCCNC(=O)c2ccc(S(=O)(=O)Nc3ccc(F)cc3)cc2)C[C@@H](C)O1. The first-order chi connectivity index (χ1) is 14.7. The van der Waals surface area contributed by atoms with Crippen molar-refractivity contribution in [2.24, 2.45) is 0 Å². The molecule has 31 heavy (non-hydrogen) atoms. The van der Waals surface area contributed by atoms with Crippen molar-refractivity contribution in [3.05, 3.63) is 59.9 Å². The van der Waals surface area contributed by atoms with Crippen molar-refractivity contribution in [1.82, 2.24) is 10.2 Å². The van der Waals surface area contributed by atoms with Gasteiger partial charge in [0.1, 0.15) is 5.82 Å². The van der Waals surface area contributed by atoms with Gasteiger partial charge in [0, 0.05) is 37.4 Å². The Morgan fingerprint density at radius 3 is 2.29 bits per heavy atom. The number of halogens is 1. The van der Waals surface area contributed by atoms with Crippen LogP contribution >= 0.6 is 0 Å². The molecule has 2 N–H and O–H groups in total. The Morgan fingerprint density at radius 2 is 1.68 bits per heavy atom. The van der Waals surface area contributed by atoms with E-state index < -0.39 is 15.8 Å². The molecule has 0 saturated carbocycles. The summed E-state index contributed by atoms with van der Waals surface area (Å²) in [6.45, 7) is 7.31. The number of ether oxygens (including phenoxy) is 1. The lowest BCUT2D eigenvalue weighted by Gasteiger charge is -2.35. The summed E-state index contributed by atoms with van der Waals surface area (Å²) >= 11 is 0. The van der Waals surface area contributed by atoms with Crippen molar-refractivity contribution in [2.45, 2.75) is 37.4 Å². The third-order valence-electron chi connectivity index (χ3n) is 4.96. The third-order valence-corrected chi connectivity index (χ3v) is 6.35. The number of hydrogen-bond acceptors (Lipinski definition) is 5. The first-order valence-electron chi connectivity index (χ1n) is 10.3. The van der Waals surface area contributed by atoms with Gasteiger partial charge in [-0.1, -0.05) is 0 Å². The molecule has 0 spiro atoms. The molecule has 1 saturated heterocycles. The van der Waals surface area contributed by atoms with E-state index in [-0.39, 0.29) is 28.7 Å². The molecule has 9 heteroatoms. The standard InChI is InChI=1S/C22H28FN3O4S/c1-16-14-26(15-17(2)30-16)13-3-12-24-22(27)18-4-10-21(11-5-18)31(28,29)25-20-8-6-19(23)7-9-20/h4-11,16-17,25H,3,12-15H2,1-2H3,(H,24,27)/t16-,17-/m1/s1. The molecule has 0 unspecified atom stereocenters. The Kier molecular flexibility index (Phi) is 7.64. The van der Waals surface area contributed by atoms with E-state index in [1.807, 2.05) is 0 Å². The van der Waals surface area contributed by atoms with Gasteiger partial charge in [0.05, 0.1) is 17.1 Å². The molecule has 0 radical (unpaired) electrons. The van der Waals surface area contributed by atoms with E-state index in [0.717, 1.165) is 26.1 Å². The molecule has 0 aromatic heterocycles. The number of morpholine rings is 1. The molecule has 1 fully saturated rings. The number of anilines is 1. The van der Waals surface area contributed by atoms with Crippen LogP contribution in [0.25, 0.3) is 0 Å². The second-order valence-corrected chi connectivity index (χ2v) is 9.45. The van der Waals surface area contributed by atoms with Crippen LogP contribution in [0.2, 0.25) is 0 Å². The van der Waals surface area contributed by atoms with E-state index in [9.17, 15) is 17.6 Å². The third kappa shape index (κ3) is 6.75. The van der Waals surface area contributed by atoms with Gasteiger partial charge in [-0.2, -0.15) is 0 Å². The van der Waals surface area contributed by atoms with Crippen LogP contribution in [-0.2, 0) is 14.8 Å². The average molecular weight is 450 g/mol. The number of carbonyl (C=O) groups excluding carboxylic acids is 1. The lowest BCUT2D eigenvalue weighted by atomic mass is 10.2. The number of sulfonamides is 1. The Morgan fingerprint density at radius 1 is 1.06 bits per heavy atom. The van der Waals surface area contributed by atoms with Crippen LogP contribution in [0, 0.1) is 5.82 Å². The van der Waals surface area contributed by atoms with Crippen molar-refractivity contribution in [3.8, 4) is 0 Å². The summed E-state index contributed by atoms with van der Waals surface area (Å²) in [5, 5.41) is 2.87. The van der Waals surface area contributed by atoms with Gasteiger partial charge in [-0.3, -0.25) is 14.4 Å². The summed E-state index contributed by atoms with van der Waals surface area (Å²) in [5.74, 6) is -0.702. The minimum absolute atomic E-state index is 0.0175. The second kappa shape index (κ2) is 10.2. The largest absolute Gasteiger partial charge is 0.373 e. The maximum atomic E-state index is 13.0. The molecule has 168 valence electrons. The summed E-state index contributed by atoms with van der Waals surface area (Å²) < 4.78 is 46.0. The van der Waals surface area contributed by atoms with Gasteiger partial charge in [-0.25, -0.2) is 12.8 Å². The monoisotopic (exact) mass is 449 g/mol. The predicted octanol–water partition coefficient (Wildman–Crippen LogP) is 2.86. The molecule has 1 amide bonds. The van der Waals surface area contributed by atoms with Crippen LogP contribution in [0.15, 0.2) is 53.4 Å². The average Bonchev–Trinajstić information content (AvgIpc) is 2.72. The zero-order valence-electron chi connectivity index (χ0n) is 17.7. The highest BCUT2D eigenvalue weighted by Gasteiger charge is 2.21. The van der Waals surface area contributed by atoms with Gasteiger partial charge >= 0.3 is 0 Å². The topological polar surface area (TPSA) is 87.7 Å². The fourth-order valence-corrected chi connectivity index (χ4v) is 4.65. The summed E-state index contributed by atoms with van der Waals surface area (Å²) in [6, 6.07) is 10.7. The fourth-order valence-electron chi connectivity index (χ4n) is 3.59. The number of amides is 1. The molecule has 1 heterocycles. The molecule has 2 aromatic rings. The molecule has 1 aliphatic heterocycles. The van der Waals surface area contributed by atoms with Crippen LogP contribution in [0.3, 0.4) is 0 Å². The van der Waals surface area contributed by atoms with Gasteiger partial charge in [-0.15, -0.1) is 0 Å². The van der Waals surface area contributed by atoms with Gasteiger partial charge in [-0.05, 0) is 68.8 Å². The maximum Gasteiger partial charge on any atom is 0.261 e. The van der Waals surface area contributed by atoms with Crippen LogP contribution < -0.4 is 10.0 Å². The van der Waals surface area contributed by atoms with Crippen LogP contribution in [0.4, 0.5) is 10.1 Å². The zero-order chi connectivity index (χ0) is 22.4. The van der Waals surface area contributed by atoms with Crippen molar-refractivity contribution in [2.75, 3.05) is 30.9 Å². The Labute approximate surface area is 182 Å². The number of rotatable bonds is 8. The van der Waals surface area contributed by atoms with Gasteiger partial charge in [0.2, 0.25) is 0 Å². The van der Waals surface area contributed by atoms with Crippen LogP contribution in [0.1, 0.15) is 30.6 Å². The molecule has 3 rings (SSSR count). The number of hydrogen-bond donors (Lipinski definition) is 2. The minimum atomic E-state index is -3.83. The summed E-state index contributed by atoms with van der Waals surface area (Å²) in [6.07, 6.45) is 1.25. The van der Waals surface area contributed by atoms with E-state index in [0.29, 0.717) is 12.1 Å². The summed E-state index contributed by atoms with van der Waals surface area (Å²) in [4.78, 5) is 14.7. The highest BCUT2D eigenvalue weighted by molar-refractivity contribution is 7.92. The maximum absolute atomic E-state index is 13.0. The molecular weight excluding hydrogens is 421 g/mol. The molecular formula is C22H28FN3O4S. The quantitative estimate of drug-likeness (QED) is 0.605. The Hall–Kier alpha value is -2.49. The van der Waals surface area contributed by atoms with Crippen molar-refractivity contribution < 1.29 is 22.3 Å². The predicted molar refractivity (Wildman–Crippen MR) is 117 cm³/mol. The van der Waals surface area contributed by atoms with E-state index in [1.165, 1.54) is 48.5 Å². The smallest absolute Gasteiger partial charge is 0.261 e. The number of nitrogens with one attached hydrogen (secondary N) is 2. The number of carbonyl (C=O) groups is 1. The van der Waals surface area contributed by atoms with Gasteiger partial charge < -0.3 is 10.1 Å². The molecule has 2 atom stereocenters. The van der Waals surface area contributed by atoms with E-state index >= 15 is 0 Å².